The van der Waals surface area contributed by atoms with Gasteiger partial charge in [0.05, 0.1) is 11.9 Å². The Labute approximate surface area is 109 Å². The Bertz CT molecular complexity index is 553. The molecule has 2 heterocycles. The number of hydrogen-bond donors (Lipinski definition) is 3. The second-order valence-corrected chi connectivity index (χ2v) is 4.49. The van der Waals surface area contributed by atoms with E-state index in [1.165, 1.54) is 0 Å². The summed E-state index contributed by atoms with van der Waals surface area (Å²) in [6, 6.07) is 1.94. The molecular formula is C11H15N5OS. The maximum absolute atomic E-state index is 11.4. The fourth-order valence-corrected chi connectivity index (χ4v) is 2.29. The molecule has 6 nitrogen and oxygen atoms in total. The normalized spacial score (nSPS) is 10.3. The molecular weight excluding hydrogens is 250 g/mol. The Morgan fingerprint density at radius 1 is 1.44 bits per heavy atom. The number of aromatic nitrogens is 2. The molecule has 0 aromatic carbocycles. The van der Waals surface area contributed by atoms with Gasteiger partial charge >= 0.3 is 0 Å². The van der Waals surface area contributed by atoms with Crippen LogP contribution in [0.15, 0.2) is 11.4 Å². The zero-order valence-electron chi connectivity index (χ0n) is 10.3. The molecule has 0 bridgehead atoms. The molecule has 0 spiro atoms. The monoisotopic (exact) mass is 265 g/mol. The van der Waals surface area contributed by atoms with Crippen LogP contribution in [0, 0.1) is 0 Å². The molecule has 0 aliphatic heterocycles. The van der Waals surface area contributed by atoms with Crippen molar-refractivity contribution in [2.75, 3.05) is 30.8 Å². The van der Waals surface area contributed by atoms with Crippen molar-refractivity contribution in [3.8, 4) is 0 Å². The molecule has 0 aliphatic carbocycles. The van der Waals surface area contributed by atoms with Crippen molar-refractivity contribution < 1.29 is 4.79 Å². The number of anilines is 2. The first-order chi connectivity index (χ1) is 8.74. The molecule has 7 heteroatoms. The van der Waals surface area contributed by atoms with Gasteiger partial charge in [0.1, 0.15) is 10.6 Å². The molecule has 2 aromatic heterocycles. The number of nitrogens with zero attached hydrogens (tertiary/aromatic N) is 2. The number of fused-ring (bicyclic) bond motifs is 1. The van der Waals surface area contributed by atoms with Gasteiger partial charge in [-0.1, -0.05) is 0 Å². The van der Waals surface area contributed by atoms with E-state index >= 15 is 0 Å². The quantitative estimate of drug-likeness (QED) is 0.759. The van der Waals surface area contributed by atoms with E-state index in [2.05, 4.69) is 25.9 Å². The van der Waals surface area contributed by atoms with Crippen molar-refractivity contribution in [1.29, 1.82) is 0 Å². The minimum Gasteiger partial charge on any atom is -0.360 e. The third-order valence-electron chi connectivity index (χ3n) is 2.34. The molecule has 0 fully saturated rings. The highest BCUT2D eigenvalue weighted by Gasteiger charge is 2.09. The number of carbonyl (C=O) groups is 1. The van der Waals surface area contributed by atoms with Crippen molar-refractivity contribution in [1.82, 2.24) is 15.3 Å². The van der Waals surface area contributed by atoms with E-state index < -0.39 is 0 Å². The average Bonchev–Trinajstić information content (AvgIpc) is 2.84. The number of thiophene rings is 1. The minimum absolute atomic E-state index is 0.0505. The SMILES string of the molecule is CCNC(=O)CNc1nc(NC)nc2sccc12. The molecule has 1 amide bonds. The van der Waals surface area contributed by atoms with Crippen molar-refractivity contribution >= 4 is 39.2 Å². The summed E-state index contributed by atoms with van der Waals surface area (Å²) in [5.41, 5.74) is 0. The van der Waals surface area contributed by atoms with E-state index in [0.717, 1.165) is 10.2 Å². The lowest BCUT2D eigenvalue weighted by molar-refractivity contribution is -0.119. The van der Waals surface area contributed by atoms with Crippen LogP contribution in [0.1, 0.15) is 6.92 Å². The number of carbonyl (C=O) groups excluding carboxylic acids is 1. The lowest BCUT2D eigenvalue weighted by atomic mass is 10.3. The van der Waals surface area contributed by atoms with E-state index in [1.807, 2.05) is 18.4 Å². The van der Waals surface area contributed by atoms with Gasteiger partial charge in [-0.2, -0.15) is 4.98 Å². The lowest BCUT2D eigenvalue weighted by Crippen LogP contribution is -2.29. The third-order valence-corrected chi connectivity index (χ3v) is 3.15. The summed E-state index contributed by atoms with van der Waals surface area (Å²) < 4.78 is 0. The standard InChI is InChI=1S/C11H15N5OS/c1-3-13-8(17)6-14-9-7-4-5-18-10(7)16-11(12-2)15-9/h4-5H,3,6H2,1-2H3,(H,13,17)(H2,12,14,15,16). The summed E-state index contributed by atoms with van der Waals surface area (Å²) in [4.78, 5) is 21.0. The van der Waals surface area contributed by atoms with Crippen LogP contribution in [0.3, 0.4) is 0 Å². The number of likely N-dealkylation sites (N-methyl/N-ethyl adjacent to an activating group) is 1. The smallest absolute Gasteiger partial charge is 0.239 e. The Hall–Kier alpha value is -1.89. The summed E-state index contributed by atoms with van der Waals surface area (Å²) in [7, 11) is 1.77. The Balaban J connectivity index is 2.20. The Morgan fingerprint density at radius 2 is 2.28 bits per heavy atom. The molecule has 3 N–H and O–H groups in total. The van der Waals surface area contributed by atoms with Crippen LogP contribution in [0.25, 0.3) is 10.2 Å². The maximum atomic E-state index is 11.4. The first-order valence-electron chi connectivity index (χ1n) is 5.68. The van der Waals surface area contributed by atoms with Crippen LogP contribution in [0.4, 0.5) is 11.8 Å². The largest absolute Gasteiger partial charge is 0.360 e. The van der Waals surface area contributed by atoms with E-state index in [4.69, 9.17) is 0 Å². The first kappa shape index (κ1) is 12.6. The second-order valence-electron chi connectivity index (χ2n) is 3.59. The maximum Gasteiger partial charge on any atom is 0.239 e. The molecule has 0 atom stereocenters. The molecule has 0 radical (unpaired) electrons. The molecule has 0 saturated heterocycles. The van der Waals surface area contributed by atoms with Crippen LogP contribution < -0.4 is 16.0 Å². The molecule has 0 unspecified atom stereocenters. The minimum atomic E-state index is -0.0505. The molecule has 18 heavy (non-hydrogen) atoms. The van der Waals surface area contributed by atoms with Gasteiger partial charge < -0.3 is 16.0 Å². The Morgan fingerprint density at radius 3 is 3.00 bits per heavy atom. The number of hydrogen-bond acceptors (Lipinski definition) is 6. The molecule has 96 valence electrons. The second kappa shape index (κ2) is 5.63. The van der Waals surface area contributed by atoms with E-state index in [1.54, 1.807) is 18.4 Å². The fraction of sp³-hybridized carbons (Fsp3) is 0.364. The van der Waals surface area contributed by atoms with Gasteiger partial charge in [0.25, 0.3) is 0 Å². The van der Waals surface area contributed by atoms with Crippen LogP contribution in [0.5, 0.6) is 0 Å². The predicted octanol–water partition coefficient (Wildman–Crippen LogP) is 1.28. The van der Waals surface area contributed by atoms with Crippen molar-refractivity contribution in [3.05, 3.63) is 11.4 Å². The summed E-state index contributed by atoms with van der Waals surface area (Å²) in [5.74, 6) is 1.17. The van der Waals surface area contributed by atoms with Gasteiger partial charge in [-0.15, -0.1) is 11.3 Å². The first-order valence-corrected chi connectivity index (χ1v) is 6.56. The van der Waals surface area contributed by atoms with Gasteiger partial charge in [-0.25, -0.2) is 4.98 Å². The topological polar surface area (TPSA) is 78.9 Å². The predicted molar refractivity (Wildman–Crippen MR) is 74.1 cm³/mol. The van der Waals surface area contributed by atoms with Gasteiger partial charge in [-0.3, -0.25) is 4.79 Å². The van der Waals surface area contributed by atoms with Crippen LogP contribution in [-0.2, 0) is 4.79 Å². The number of amides is 1. The third kappa shape index (κ3) is 2.67. The number of nitrogens with one attached hydrogen (secondary N) is 3. The highest BCUT2D eigenvalue weighted by Crippen LogP contribution is 2.26. The highest BCUT2D eigenvalue weighted by atomic mass is 32.1. The lowest BCUT2D eigenvalue weighted by Gasteiger charge is -2.08. The molecule has 2 rings (SSSR count). The van der Waals surface area contributed by atoms with Gasteiger partial charge in [0.2, 0.25) is 11.9 Å². The summed E-state index contributed by atoms with van der Waals surface area (Å²) in [5, 5.41) is 11.6. The average molecular weight is 265 g/mol. The zero-order chi connectivity index (χ0) is 13.0. The van der Waals surface area contributed by atoms with Crippen molar-refractivity contribution in [2.24, 2.45) is 0 Å². The molecule has 0 saturated carbocycles. The van der Waals surface area contributed by atoms with Gasteiger partial charge in [0.15, 0.2) is 0 Å². The summed E-state index contributed by atoms with van der Waals surface area (Å²) >= 11 is 1.54. The molecule has 2 aromatic rings. The fourth-order valence-electron chi connectivity index (χ4n) is 1.53. The van der Waals surface area contributed by atoms with Gasteiger partial charge in [0, 0.05) is 13.6 Å². The van der Waals surface area contributed by atoms with E-state index in [9.17, 15) is 4.79 Å². The summed E-state index contributed by atoms with van der Waals surface area (Å²) in [6.45, 7) is 2.72. The van der Waals surface area contributed by atoms with Crippen LogP contribution in [-0.4, -0.2) is 36.0 Å². The zero-order valence-corrected chi connectivity index (χ0v) is 11.1. The molecule has 0 aliphatic rings. The highest BCUT2D eigenvalue weighted by molar-refractivity contribution is 7.16. The van der Waals surface area contributed by atoms with E-state index in [-0.39, 0.29) is 12.5 Å². The number of rotatable bonds is 5. The Kier molecular flexibility index (Phi) is 3.93. The summed E-state index contributed by atoms with van der Waals surface area (Å²) in [6.07, 6.45) is 0. The van der Waals surface area contributed by atoms with Crippen LogP contribution >= 0.6 is 11.3 Å². The van der Waals surface area contributed by atoms with E-state index in [0.29, 0.717) is 18.3 Å². The van der Waals surface area contributed by atoms with Crippen LogP contribution in [0.2, 0.25) is 0 Å². The van der Waals surface area contributed by atoms with Crippen molar-refractivity contribution in [3.63, 3.8) is 0 Å². The van der Waals surface area contributed by atoms with Crippen molar-refractivity contribution in [2.45, 2.75) is 6.92 Å². The van der Waals surface area contributed by atoms with Gasteiger partial charge in [-0.05, 0) is 18.4 Å².